The topological polar surface area (TPSA) is 27.7 Å². The Balaban J connectivity index is 1.73. The van der Waals surface area contributed by atoms with E-state index in [4.69, 9.17) is 14.2 Å². The van der Waals surface area contributed by atoms with Gasteiger partial charge in [-0.2, -0.15) is 0 Å². The molecule has 0 aromatic heterocycles. The van der Waals surface area contributed by atoms with Gasteiger partial charge >= 0.3 is 0 Å². The number of nitrogens with zero attached hydrogens (tertiary/aromatic N) is 1. The first-order valence-electron chi connectivity index (χ1n) is 10.6. The van der Waals surface area contributed by atoms with Gasteiger partial charge in [-0.05, 0) is 37.1 Å². The van der Waals surface area contributed by atoms with Gasteiger partial charge in [0.05, 0.1) is 46.1 Å². The first kappa shape index (κ1) is 21.0. The minimum Gasteiger partial charge on any atom is -0.494 e. The molecule has 0 N–H and O–H groups in total. The lowest BCUT2D eigenvalue weighted by Crippen LogP contribution is -2.51. The normalized spacial score (nSPS) is 20.5. The zero-order valence-electron chi connectivity index (χ0n) is 16.9. The Hall–Kier alpha value is -1.26. The highest BCUT2D eigenvalue weighted by molar-refractivity contribution is 5.31. The molecule has 4 heteroatoms. The Morgan fingerprint density at radius 3 is 2.08 bits per heavy atom. The molecule has 0 saturated carbocycles. The number of quaternary nitrogens is 1. The molecule has 2 rings (SSSR count). The maximum atomic E-state index is 5.96. The van der Waals surface area contributed by atoms with E-state index >= 15 is 0 Å². The number of hydrogen-bond acceptors (Lipinski definition) is 3. The van der Waals surface area contributed by atoms with Gasteiger partial charge < -0.3 is 18.7 Å². The fraction of sp³-hybridized carbons (Fsp3) is 0.727. The molecule has 0 bridgehead atoms. The molecule has 26 heavy (non-hydrogen) atoms. The van der Waals surface area contributed by atoms with Gasteiger partial charge in [-0.25, -0.2) is 0 Å². The van der Waals surface area contributed by atoms with Gasteiger partial charge in [0.2, 0.25) is 0 Å². The van der Waals surface area contributed by atoms with Crippen LogP contribution in [0.3, 0.4) is 0 Å². The van der Waals surface area contributed by atoms with Gasteiger partial charge in [-0.15, -0.1) is 0 Å². The van der Waals surface area contributed by atoms with Crippen molar-refractivity contribution in [2.75, 3.05) is 52.6 Å². The lowest BCUT2D eigenvalue weighted by molar-refractivity contribution is -0.927. The third-order valence-electron chi connectivity index (χ3n) is 5.25. The van der Waals surface area contributed by atoms with E-state index in [0.717, 1.165) is 63.7 Å². The van der Waals surface area contributed by atoms with Crippen LogP contribution in [0.5, 0.6) is 11.5 Å². The maximum absolute atomic E-state index is 5.96. The smallest absolute Gasteiger partial charge is 0.119 e. The highest BCUT2D eigenvalue weighted by atomic mass is 16.5. The van der Waals surface area contributed by atoms with Gasteiger partial charge in [-0.1, -0.05) is 26.7 Å². The average molecular weight is 365 g/mol. The molecule has 1 unspecified atom stereocenters. The van der Waals surface area contributed by atoms with Crippen molar-refractivity contribution in [2.24, 2.45) is 0 Å². The summed E-state index contributed by atoms with van der Waals surface area (Å²) in [6.07, 6.45) is 7.11. The van der Waals surface area contributed by atoms with E-state index < -0.39 is 0 Å². The zero-order chi connectivity index (χ0) is 18.5. The predicted molar refractivity (Wildman–Crippen MR) is 107 cm³/mol. The van der Waals surface area contributed by atoms with Gasteiger partial charge in [0.1, 0.15) is 18.0 Å². The largest absolute Gasteiger partial charge is 0.494 e. The quantitative estimate of drug-likeness (QED) is 0.398. The van der Waals surface area contributed by atoms with E-state index in [1.54, 1.807) is 0 Å². The molecule has 4 nitrogen and oxygen atoms in total. The van der Waals surface area contributed by atoms with Gasteiger partial charge in [-0.3, -0.25) is 0 Å². The van der Waals surface area contributed by atoms with Crippen molar-refractivity contribution in [1.29, 1.82) is 0 Å². The van der Waals surface area contributed by atoms with Crippen LogP contribution >= 0.6 is 0 Å². The molecule has 1 atom stereocenters. The fourth-order valence-corrected chi connectivity index (χ4v) is 3.58. The molecule has 148 valence electrons. The Kier molecular flexibility index (Phi) is 9.86. The number of hydrogen-bond donors (Lipinski definition) is 0. The van der Waals surface area contributed by atoms with Crippen LogP contribution in [-0.2, 0) is 4.74 Å². The van der Waals surface area contributed by atoms with E-state index in [9.17, 15) is 0 Å². The summed E-state index contributed by atoms with van der Waals surface area (Å²) in [5.41, 5.74) is 0. The fourth-order valence-electron chi connectivity index (χ4n) is 3.58. The molecule has 1 heterocycles. The van der Waals surface area contributed by atoms with Gasteiger partial charge in [0.15, 0.2) is 0 Å². The summed E-state index contributed by atoms with van der Waals surface area (Å²) in [4.78, 5) is 0. The summed E-state index contributed by atoms with van der Waals surface area (Å²) >= 11 is 0. The average Bonchev–Trinajstić information content (AvgIpc) is 2.91. The van der Waals surface area contributed by atoms with Crippen LogP contribution < -0.4 is 9.47 Å². The minimum absolute atomic E-state index is 0.781. The summed E-state index contributed by atoms with van der Waals surface area (Å²) in [5.74, 6) is 1.87. The lowest BCUT2D eigenvalue weighted by Gasteiger charge is -2.37. The third-order valence-corrected chi connectivity index (χ3v) is 5.25. The van der Waals surface area contributed by atoms with Crippen LogP contribution in [0.25, 0.3) is 0 Å². The second-order valence-corrected chi connectivity index (χ2v) is 7.43. The highest BCUT2D eigenvalue weighted by Gasteiger charge is 2.27. The molecule has 1 aromatic rings. The van der Waals surface area contributed by atoms with E-state index in [2.05, 4.69) is 13.8 Å². The van der Waals surface area contributed by atoms with E-state index in [-0.39, 0.29) is 0 Å². The molecule has 0 amide bonds. The van der Waals surface area contributed by atoms with Crippen molar-refractivity contribution in [2.45, 2.75) is 52.4 Å². The summed E-state index contributed by atoms with van der Waals surface area (Å²) < 4.78 is 18.6. The molecule has 1 aromatic carbocycles. The first-order chi connectivity index (χ1) is 12.8. The molecular formula is C22H38NO3+. The number of unbranched alkanes of at least 4 members (excludes halogenated alkanes) is 2. The lowest BCUT2D eigenvalue weighted by atomic mass is 10.2. The second kappa shape index (κ2) is 12.2. The number of ether oxygens (including phenoxy) is 3. The molecule has 1 saturated heterocycles. The second-order valence-electron chi connectivity index (χ2n) is 7.43. The van der Waals surface area contributed by atoms with Crippen molar-refractivity contribution < 1.29 is 18.7 Å². The monoisotopic (exact) mass is 364 g/mol. The molecule has 0 spiro atoms. The summed E-state index contributed by atoms with van der Waals surface area (Å²) in [7, 11) is 0. The zero-order valence-corrected chi connectivity index (χ0v) is 16.9. The van der Waals surface area contributed by atoms with Crippen LogP contribution in [0.4, 0.5) is 0 Å². The van der Waals surface area contributed by atoms with Crippen LogP contribution in [0, 0.1) is 0 Å². The van der Waals surface area contributed by atoms with Crippen LogP contribution in [0.1, 0.15) is 52.4 Å². The number of rotatable bonds is 12. The van der Waals surface area contributed by atoms with Crippen LogP contribution in [-0.4, -0.2) is 57.1 Å². The summed E-state index contributed by atoms with van der Waals surface area (Å²) in [6.45, 7) is 12.7. The van der Waals surface area contributed by atoms with Crippen molar-refractivity contribution >= 4 is 0 Å². The van der Waals surface area contributed by atoms with Crippen LogP contribution in [0.15, 0.2) is 24.3 Å². The minimum atomic E-state index is 0.781. The van der Waals surface area contributed by atoms with Crippen molar-refractivity contribution in [3.63, 3.8) is 0 Å². The van der Waals surface area contributed by atoms with E-state index in [1.165, 1.54) is 43.4 Å². The summed E-state index contributed by atoms with van der Waals surface area (Å²) in [5, 5.41) is 0. The molecule has 1 aliphatic rings. The Bertz CT molecular complexity index is 467. The molecule has 1 fully saturated rings. The van der Waals surface area contributed by atoms with Crippen molar-refractivity contribution in [1.82, 2.24) is 0 Å². The number of benzene rings is 1. The first-order valence-corrected chi connectivity index (χ1v) is 10.6. The maximum Gasteiger partial charge on any atom is 0.119 e. The van der Waals surface area contributed by atoms with Gasteiger partial charge in [0, 0.05) is 12.8 Å². The van der Waals surface area contributed by atoms with Crippen LogP contribution in [0.2, 0.25) is 0 Å². The predicted octanol–water partition coefficient (Wildman–Crippen LogP) is 4.67. The van der Waals surface area contributed by atoms with Crippen molar-refractivity contribution in [3.8, 4) is 11.5 Å². The van der Waals surface area contributed by atoms with E-state index in [0.29, 0.717) is 0 Å². The standard InChI is InChI=1S/C22H38NO3/c1-3-5-13-23(14-7-17-24-20-16-23)15-8-19-26-22-11-9-21(10-12-22)25-18-6-4-2/h9-12H,3-8,13-20H2,1-2H3/q+1. The molecule has 1 aliphatic heterocycles. The highest BCUT2D eigenvalue weighted by Crippen LogP contribution is 2.19. The van der Waals surface area contributed by atoms with Crippen molar-refractivity contribution in [3.05, 3.63) is 24.3 Å². The third kappa shape index (κ3) is 7.55. The van der Waals surface area contributed by atoms with E-state index in [1.807, 2.05) is 24.3 Å². The molecule has 0 aliphatic carbocycles. The Morgan fingerprint density at radius 2 is 1.42 bits per heavy atom. The molecular weight excluding hydrogens is 326 g/mol. The Morgan fingerprint density at radius 1 is 0.808 bits per heavy atom. The summed E-state index contributed by atoms with van der Waals surface area (Å²) in [6, 6.07) is 8.05. The van der Waals surface area contributed by atoms with Gasteiger partial charge in [0.25, 0.3) is 0 Å². The SMILES string of the molecule is CCCCOc1ccc(OCCC[N+]2(CCCC)CCCOCC2)cc1. The Labute approximate surface area is 160 Å². The molecule has 0 radical (unpaired) electrons.